The van der Waals surface area contributed by atoms with Crippen molar-refractivity contribution in [2.24, 2.45) is 5.73 Å². The summed E-state index contributed by atoms with van der Waals surface area (Å²) in [5.41, 5.74) is 8.86. The van der Waals surface area contributed by atoms with Gasteiger partial charge in [0.2, 0.25) is 0 Å². The molecule has 7 nitrogen and oxygen atoms in total. The lowest BCUT2D eigenvalue weighted by Crippen LogP contribution is -2.42. The standard InChI is InChI=1S/C18H31N7/c1-13-10-14(2)24(21-13)11-15(3)23-8-6-16(7-9-23)25-12-17(20-22-25)18(4,5)19/h10,12,15-16H,6-9,11,19H2,1-5H3/t15-/m0/s1. The summed E-state index contributed by atoms with van der Waals surface area (Å²) in [4.78, 5) is 2.55. The third kappa shape index (κ3) is 4.10. The zero-order chi connectivity index (χ0) is 18.2. The first kappa shape index (κ1) is 18.1. The smallest absolute Gasteiger partial charge is 0.102 e. The molecule has 2 aromatic heterocycles. The molecule has 25 heavy (non-hydrogen) atoms. The average molecular weight is 345 g/mol. The van der Waals surface area contributed by atoms with Gasteiger partial charge in [-0.15, -0.1) is 5.10 Å². The molecule has 0 amide bonds. The van der Waals surface area contributed by atoms with Gasteiger partial charge in [-0.05, 0) is 53.5 Å². The van der Waals surface area contributed by atoms with Crippen molar-refractivity contribution in [1.82, 2.24) is 29.7 Å². The van der Waals surface area contributed by atoms with Crippen LogP contribution < -0.4 is 5.73 Å². The number of likely N-dealkylation sites (tertiary alicyclic amines) is 1. The second kappa shape index (κ2) is 6.88. The van der Waals surface area contributed by atoms with E-state index >= 15 is 0 Å². The molecule has 1 fully saturated rings. The lowest BCUT2D eigenvalue weighted by atomic mass is 10.0. The molecule has 3 heterocycles. The molecule has 0 unspecified atom stereocenters. The molecule has 0 saturated carbocycles. The van der Waals surface area contributed by atoms with Gasteiger partial charge in [-0.2, -0.15) is 5.10 Å². The van der Waals surface area contributed by atoms with Crippen LogP contribution in [0, 0.1) is 13.8 Å². The van der Waals surface area contributed by atoms with Gasteiger partial charge in [0.1, 0.15) is 5.69 Å². The molecule has 7 heteroatoms. The first-order valence-corrected chi connectivity index (χ1v) is 9.20. The monoisotopic (exact) mass is 345 g/mol. The molecular formula is C18H31N7. The Morgan fingerprint density at radius 2 is 1.96 bits per heavy atom. The Hall–Kier alpha value is -1.73. The van der Waals surface area contributed by atoms with Crippen LogP contribution in [-0.4, -0.2) is 48.8 Å². The summed E-state index contributed by atoms with van der Waals surface area (Å²) in [5.74, 6) is 0. The van der Waals surface area contributed by atoms with Gasteiger partial charge in [0, 0.05) is 24.8 Å². The lowest BCUT2D eigenvalue weighted by Gasteiger charge is -2.36. The van der Waals surface area contributed by atoms with Gasteiger partial charge in [0.05, 0.1) is 30.0 Å². The largest absolute Gasteiger partial charge is 0.320 e. The first-order valence-electron chi connectivity index (χ1n) is 9.20. The van der Waals surface area contributed by atoms with Crippen molar-refractivity contribution in [2.75, 3.05) is 13.1 Å². The lowest BCUT2D eigenvalue weighted by molar-refractivity contribution is 0.125. The minimum atomic E-state index is -0.437. The van der Waals surface area contributed by atoms with Crippen LogP contribution in [0.4, 0.5) is 0 Å². The first-order chi connectivity index (χ1) is 11.7. The highest BCUT2D eigenvalue weighted by molar-refractivity contribution is 5.07. The molecule has 3 rings (SSSR count). The summed E-state index contributed by atoms with van der Waals surface area (Å²) < 4.78 is 4.13. The van der Waals surface area contributed by atoms with Crippen LogP contribution >= 0.6 is 0 Å². The number of nitrogens with zero attached hydrogens (tertiary/aromatic N) is 6. The van der Waals surface area contributed by atoms with E-state index in [0.29, 0.717) is 12.1 Å². The number of aryl methyl sites for hydroxylation is 2. The fraction of sp³-hybridized carbons (Fsp3) is 0.722. The van der Waals surface area contributed by atoms with Crippen LogP contribution in [0.25, 0.3) is 0 Å². The average Bonchev–Trinajstić information content (AvgIpc) is 3.14. The van der Waals surface area contributed by atoms with Gasteiger partial charge in [-0.3, -0.25) is 9.58 Å². The van der Waals surface area contributed by atoms with E-state index < -0.39 is 5.54 Å². The second-order valence-electron chi connectivity index (χ2n) is 8.03. The van der Waals surface area contributed by atoms with Crippen molar-refractivity contribution >= 4 is 0 Å². The fourth-order valence-corrected chi connectivity index (χ4v) is 3.57. The Morgan fingerprint density at radius 3 is 2.48 bits per heavy atom. The van der Waals surface area contributed by atoms with Crippen LogP contribution in [0.3, 0.4) is 0 Å². The Kier molecular flexibility index (Phi) is 4.97. The number of piperidine rings is 1. The Bertz CT molecular complexity index is 701. The minimum Gasteiger partial charge on any atom is -0.320 e. The van der Waals surface area contributed by atoms with Gasteiger partial charge < -0.3 is 5.73 Å². The normalized spacial score (nSPS) is 18.6. The summed E-state index contributed by atoms with van der Waals surface area (Å²) in [5, 5.41) is 13.1. The van der Waals surface area contributed by atoms with Crippen LogP contribution in [0.5, 0.6) is 0 Å². The fourth-order valence-electron chi connectivity index (χ4n) is 3.57. The van der Waals surface area contributed by atoms with Crippen LogP contribution in [0.2, 0.25) is 0 Å². The molecule has 138 valence electrons. The number of rotatable bonds is 5. The number of hydrogen-bond acceptors (Lipinski definition) is 5. The molecule has 1 saturated heterocycles. The van der Waals surface area contributed by atoms with Crippen LogP contribution in [0.15, 0.2) is 12.3 Å². The third-order valence-corrected chi connectivity index (χ3v) is 5.21. The molecule has 0 bridgehead atoms. The summed E-state index contributed by atoms with van der Waals surface area (Å²) >= 11 is 0. The van der Waals surface area contributed by atoms with E-state index in [9.17, 15) is 0 Å². The molecule has 1 atom stereocenters. The number of aromatic nitrogens is 5. The maximum absolute atomic E-state index is 6.12. The van der Waals surface area contributed by atoms with Crippen molar-refractivity contribution in [3.05, 3.63) is 29.3 Å². The highest BCUT2D eigenvalue weighted by Crippen LogP contribution is 2.25. The molecule has 2 aromatic rings. The van der Waals surface area contributed by atoms with Crippen molar-refractivity contribution < 1.29 is 0 Å². The van der Waals surface area contributed by atoms with E-state index in [-0.39, 0.29) is 0 Å². The van der Waals surface area contributed by atoms with Crippen molar-refractivity contribution in [1.29, 1.82) is 0 Å². The van der Waals surface area contributed by atoms with Crippen molar-refractivity contribution in [3.8, 4) is 0 Å². The quantitative estimate of drug-likeness (QED) is 0.897. The summed E-state index contributed by atoms with van der Waals surface area (Å²) in [7, 11) is 0. The molecule has 1 aliphatic heterocycles. The molecule has 1 aliphatic rings. The highest BCUT2D eigenvalue weighted by atomic mass is 15.4. The van der Waals surface area contributed by atoms with Gasteiger partial charge in [-0.25, -0.2) is 4.68 Å². The van der Waals surface area contributed by atoms with E-state index in [1.807, 2.05) is 24.7 Å². The third-order valence-electron chi connectivity index (χ3n) is 5.21. The van der Waals surface area contributed by atoms with E-state index in [2.05, 4.69) is 51.8 Å². The second-order valence-corrected chi connectivity index (χ2v) is 8.03. The summed E-state index contributed by atoms with van der Waals surface area (Å²) in [6, 6.07) is 3.04. The Morgan fingerprint density at radius 1 is 1.28 bits per heavy atom. The molecule has 0 aromatic carbocycles. The number of nitrogens with two attached hydrogens (primary N) is 1. The van der Waals surface area contributed by atoms with E-state index in [1.54, 1.807) is 0 Å². The van der Waals surface area contributed by atoms with Gasteiger partial charge in [0.25, 0.3) is 0 Å². The zero-order valence-corrected chi connectivity index (χ0v) is 16.1. The Labute approximate surface area is 150 Å². The van der Waals surface area contributed by atoms with Gasteiger partial charge in [0.15, 0.2) is 0 Å². The van der Waals surface area contributed by atoms with Crippen LogP contribution in [-0.2, 0) is 12.1 Å². The van der Waals surface area contributed by atoms with E-state index in [1.165, 1.54) is 5.69 Å². The van der Waals surface area contributed by atoms with Crippen molar-refractivity contribution in [2.45, 2.75) is 71.6 Å². The molecule has 2 N–H and O–H groups in total. The zero-order valence-electron chi connectivity index (χ0n) is 16.1. The maximum Gasteiger partial charge on any atom is 0.102 e. The van der Waals surface area contributed by atoms with E-state index in [4.69, 9.17) is 5.73 Å². The Balaban J connectivity index is 1.56. The number of hydrogen-bond donors (Lipinski definition) is 1. The van der Waals surface area contributed by atoms with Crippen molar-refractivity contribution in [3.63, 3.8) is 0 Å². The molecule has 0 spiro atoms. The van der Waals surface area contributed by atoms with Crippen LogP contribution in [0.1, 0.15) is 56.7 Å². The summed E-state index contributed by atoms with van der Waals surface area (Å²) in [6.07, 6.45) is 4.20. The molecule has 0 aliphatic carbocycles. The molecular weight excluding hydrogens is 314 g/mol. The predicted molar refractivity (Wildman–Crippen MR) is 98.2 cm³/mol. The topological polar surface area (TPSA) is 77.8 Å². The minimum absolute atomic E-state index is 0.417. The molecule has 0 radical (unpaired) electrons. The SMILES string of the molecule is Cc1cc(C)n(C[C@H](C)N2CCC(n3cc(C(C)(C)N)nn3)CC2)n1. The predicted octanol–water partition coefficient (Wildman–Crippen LogP) is 2.01. The summed E-state index contributed by atoms with van der Waals surface area (Å²) in [6.45, 7) is 13.5. The van der Waals surface area contributed by atoms with Gasteiger partial charge in [-0.1, -0.05) is 5.21 Å². The maximum atomic E-state index is 6.12. The highest BCUT2D eigenvalue weighted by Gasteiger charge is 2.26. The van der Waals surface area contributed by atoms with E-state index in [0.717, 1.165) is 43.9 Å². The van der Waals surface area contributed by atoms with Gasteiger partial charge >= 0.3 is 0 Å².